The molecule has 2 N–H and O–H groups in total. The summed E-state index contributed by atoms with van der Waals surface area (Å²) in [5.41, 5.74) is 4.82. The van der Waals surface area contributed by atoms with Crippen LogP contribution in [0.1, 0.15) is 11.1 Å². The molecule has 1 aromatic heterocycles. The number of H-pyrrole nitrogens is 1. The van der Waals surface area contributed by atoms with Crippen molar-refractivity contribution in [3.05, 3.63) is 58.1 Å². The van der Waals surface area contributed by atoms with Gasteiger partial charge in [0.05, 0.1) is 12.1 Å². The smallest absolute Gasteiger partial charge is 0.307 e. The molecule has 1 heterocycles. The lowest BCUT2D eigenvalue weighted by molar-refractivity contribution is -0.136. The first-order valence-electron chi connectivity index (χ1n) is 6.63. The van der Waals surface area contributed by atoms with Crippen LogP contribution in [-0.4, -0.2) is 16.1 Å². The summed E-state index contributed by atoms with van der Waals surface area (Å²) in [6, 6.07) is 13.9. The Balaban J connectivity index is 2.28. The molecule has 0 unspecified atom stereocenters. The van der Waals surface area contributed by atoms with Crippen molar-refractivity contribution in [3.8, 4) is 11.3 Å². The Morgan fingerprint density at radius 2 is 2.05 bits per heavy atom. The van der Waals surface area contributed by atoms with Gasteiger partial charge < -0.3 is 10.1 Å². The van der Waals surface area contributed by atoms with Crippen LogP contribution in [-0.2, 0) is 11.2 Å². The normalized spacial score (nSPS) is 11.0. The zero-order chi connectivity index (χ0) is 15.0. The van der Waals surface area contributed by atoms with E-state index >= 15 is 0 Å². The minimum atomic E-state index is -0.829. The molecule has 106 valence electrons. The third-order valence-corrected chi connectivity index (χ3v) is 4.00. The van der Waals surface area contributed by atoms with Crippen LogP contribution in [0.4, 0.5) is 0 Å². The van der Waals surface area contributed by atoms with E-state index in [0.717, 1.165) is 37.8 Å². The molecule has 3 rings (SSSR count). The van der Waals surface area contributed by atoms with E-state index in [1.807, 2.05) is 43.3 Å². The molecular weight excluding hydrogens is 330 g/mol. The summed E-state index contributed by atoms with van der Waals surface area (Å²) in [4.78, 5) is 14.6. The zero-order valence-electron chi connectivity index (χ0n) is 11.5. The second kappa shape index (κ2) is 5.37. The molecule has 0 aliphatic carbocycles. The lowest BCUT2D eigenvalue weighted by atomic mass is 10.0. The Kier molecular flexibility index (Phi) is 3.55. The number of aromatic amines is 1. The minimum absolute atomic E-state index is 0.000269. The Morgan fingerprint density at radius 1 is 1.24 bits per heavy atom. The largest absolute Gasteiger partial charge is 0.481 e. The minimum Gasteiger partial charge on any atom is -0.481 e. The molecule has 0 spiro atoms. The van der Waals surface area contributed by atoms with E-state index in [2.05, 4.69) is 27.0 Å². The molecule has 0 aliphatic rings. The van der Waals surface area contributed by atoms with Gasteiger partial charge in [-0.3, -0.25) is 4.79 Å². The maximum Gasteiger partial charge on any atom is 0.307 e. The van der Waals surface area contributed by atoms with E-state index in [9.17, 15) is 9.90 Å². The Hall–Kier alpha value is -2.07. The number of fused-ring (bicyclic) bond motifs is 1. The van der Waals surface area contributed by atoms with Crippen LogP contribution in [0.25, 0.3) is 22.2 Å². The average Bonchev–Trinajstić information content (AvgIpc) is 2.76. The lowest BCUT2D eigenvalue weighted by Gasteiger charge is -2.04. The highest BCUT2D eigenvalue weighted by molar-refractivity contribution is 9.10. The SMILES string of the molecule is Cc1cccc(-c2[nH]c3ccc(Br)cc3c2CC(=O)O)c1. The van der Waals surface area contributed by atoms with Crippen LogP contribution in [0.2, 0.25) is 0 Å². The summed E-state index contributed by atoms with van der Waals surface area (Å²) in [6.45, 7) is 2.03. The number of carboxylic acids is 1. The number of aliphatic carboxylic acids is 1. The summed E-state index contributed by atoms with van der Waals surface area (Å²) in [5, 5.41) is 10.2. The Bertz CT molecular complexity index is 836. The number of aromatic nitrogens is 1. The second-order valence-electron chi connectivity index (χ2n) is 5.11. The van der Waals surface area contributed by atoms with Crippen LogP contribution in [0.3, 0.4) is 0 Å². The van der Waals surface area contributed by atoms with E-state index < -0.39 is 5.97 Å². The van der Waals surface area contributed by atoms with Crippen molar-refractivity contribution < 1.29 is 9.90 Å². The van der Waals surface area contributed by atoms with E-state index in [4.69, 9.17) is 0 Å². The molecule has 0 saturated heterocycles. The molecule has 0 fully saturated rings. The molecule has 3 nitrogen and oxygen atoms in total. The molecule has 0 amide bonds. The average molecular weight is 344 g/mol. The number of benzene rings is 2. The van der Waals surface area contributed by atoms with Crippen molar-refractivity contribution in [1.29, 1.82) is 0 Å². The van der Waals surface area contributed by atoms with E-state index in [1.165, 1.54) is 0 Å². The van der Waals surface area contributed by atoms with E-state index in [1.54, 1.807) is 0 Å². The van der Waals surface area contributed by atoms with Gasteiger partial charge in [-0.2, -0.15) is 0 Å². The first kappa shape index (κ1) is 13.9. The van der Waals surface area contributed by atoms with Gasteiger partial charge >= 0.3 is 5.97 Å². The predicted octanol–water partition coefficient (Wildman–Crippen LogP) is 4.53. The maximum absolute atomic E-state index is 11.2. The van der Waals surface area contributed by atoms with Gasteiger partial charge in [0.2, 0.25) is 0 Å². The fraction of sp³-hybridized carbons (Fsp3) is 0.118. The van der Waals surface area contributed by atoms with Gasteiger partial charge in [-0.25, -0.2) is 0 Å². The van der Waals surface area contributed by atoms with E-state index in [-0.39, 0.29) is 6.42 Å². The van der Waals surface area contributed by atoms with Crippen molar-refractivity contribution in [3.63, 3.8) is 0 Å². The van der Waals surface area contributed by atoms with Crippen molar-refractivity contribution in [2.45, 2.75) is 13.3 Å². The van der Waals surface area contributed by atoms with Gasteiger partial charge in [-0.15, -0.1) is 0 Å². The number of aryl methyl sites for hydroxylation is 1. The fourth-order valence-corrected chi connectivity index (χ4v) is 2.96. The number of hydrogen-bond donors (Lipinski definition) is 2. The quantitative estimate of drug-likeness (QED) is 0.733. The van der Waals surface area contributed by atoms with Gasteiger partial charge in [-0.1, -0.05) is 39.7 Å². The number of hydrogen-bond acceptors (Lipinski definition) is 1. The second-order valence-corrected chi connectivity index (χ2v) is 6.02. The third kappa shape index (κ3) is 2.72. The molecule has 4 heteroatoms. The van der Waals surface area contributed by atoms with Crippen molar-refractivity contribution in [2.75, 3.05) is 0 Å². The van der Waals surface area contributed by atoms with Crippen molar-refractivity contribution in [1.82, 2.24) is 4.98 Å². The maximum atomic E-state index is 11.2. The third-order valence-electron chi connectivity index (χ3n) is 3.50. The molecule has 0 radical (unpaired) electrons. The molecule has 3 aromatic rings. The molecule has 0 bridgehead atoms. The van der Waals surface area contributed by atoms with Crippen molar-refractivity contribution in [2.24, 2.45) is 0 Å². The lowest BCUT2D eigenvalue weighted by Crippen LogP contribution is -2.01. The fourth-order valence-electron chi connectivity index (χ4n) is 2.60. The molecule has 2 aromatic carbocycles. The predicted molar refractivity (Wildman–Crippen MR) is 87.5 cm³/mol. The number of carboxylic acid groups (broad SMARTS) is 1. The molecule has 0 atom stereocenters. The highest BCUT2D eigenvalue weighted by Crippen LogP contribution is 2.32. The van der Waals surface area contributed by atoms with Crippen LogP contribution in [0, 0.1) is 6.92 Å². The molecule has 0 aliphatic heterocycles. The van der Waals surface area contributed by atoms with Crippen LogP contribution < -0.4 is 0 Å². The van der Waals surface area contributed by atoms with Gasteiger partial charge in [0.1, 0.15) is 0 Å². The van der Waals surface area contributed by atoms with Gasteiger partial charge in [0, 0.05) is 15.4 Å². The van der Waals surface area contributed by atoms with Crippen LogP contribution >= 0.6 is 15.9 Å². The Morgan fingerprint density at radius 3 is 2.76 bits per heavy atom. The van der Waals surface area contributed by atoms with Gasteiger partial charge in [0.15, 0.2) is 0 Å². The zero-order valence-corrected chi connectivity index (χ0v) is 13.1. The number of rotatable bonds is 3. The summed E-state index contributed by atoms with van der Waals surface area (Å²) < 4.78 is 0.941. The highest BCUT2D eigenvalue weighted by atomic mass is 79.9. The summed E-state index contributed by atoms with van der Waals surface area (Å²) >= 11 is 3.45. The molecular formula is C17H14BrNO2. The number of nitrogens with one attached hydrogen (secondary N) is 1. The molecule has 21 heavy (non-hydrogen) atoms. The van der Waals surface area contributed by atoms with Crippen LogP contribution in [0.5, 0.6) is 0 Å². The topological polar surface area (TPSA) is 53.1 Å². The monoisotopic (exact) mass is 343 g/mol. The number of halogens is 1. The van der Waals surface area contributed by atoms with Crippen LogP contribution in [0.15, 0.2) is 46.9 Å². The standard InChI is InChI=1S/C17H14BrNO2/c1-10-3-2-4-11(7-10)17-14(9-16(20)21)13-8-12(18)5-6-15(13)19-17/h2-8,19H,9H2,1H3,(H,20,21). The van der Waals surface area contributed by atoms with E-state index in [0.29, 0.717) is 0 Å². The van der Waals surface area contributed by atoms with Crippen molar-refractivity contribution >= 4 is 32.8 Å². The number of carbonyl (C=O) groups is 1. The summed E-state index contributed by atoms with van der Waals surface area (Å²) in [7, 11) is 0. The van der Waals surface area contributed by atoms with Gasteiger partial charge in [-0.05, 0) is 42.3 Å². The first-order chi connectivity index (χ1) is 10.0. The molecule has 0 saturated carbocycles. The summed E-state index contributed by atoms with van der Waals surface area (Å²) in [5.74, 6) is -0.829. The highest BCUT2D eigenvalue weighted by Gasteiger charge is 2.16. The first-order valence-corrected chi connectivity index (χ1v) is 7.43. The van der Waals surface area contributed by atoms with Gasteiger partial charge in [0.25, 0.3) is 0 Å². The Labute approximate surface area is 130 Å². The summed E-state index contributed by atoms with van der Waals surface area (Å²) in [6.07, 6.45) is -0.000269.